The fourth-order valence-corrected chi connectivity index (χ4v) is 4.12. The number of ether oxygens (including phenoxy) is 1. The van der Waals surface area contributed by atoms with Gasteiger partial charge in [0.15, 0.2) is 5.76 Å². The van der Waals surface area contributed by atoms with Gasteiger partial charge in [-0.2, -0.15) is 0 Å². The molecule has 2 aromatic carbocycles. The number of carbonyl (C=O) groups is 2. The average molecular weight is 516 g/mol. The highest BCUT2D eigenvalue weighted by atomic mass is 16.6. The number of nitrogens with zero attached hydrogens (tertiary/aromatic N) is 4. The Bertz CT molecular complexity index is 1400. The number of furan rings is 1. The highest BCUT2D eigenvalue weighted by Crippen LogP contribution is 2.26. The molecule has 1 N–H and O–H groups in total. The first-order valence-corrected chi connectivity index (χ1v) is 12.4. The van der Waals surface area contributed by atoms with Crippen molar-refractivity contribution in [1.29, 1.82) is 0 Å². The highest BCUT2D eigenvalue weighted by molar-refractivity contribution is 6.03. The Morgan fingerprint density at radius 2 is 1.68 bits per heavy atom. The average Bonchev–Trinajstić information content (AvgIpc) is 3.60. The van der Waals surface area contributed by atoms with Crippen LogP contribution >= 0.6 is 0 Å². The maximum Gasteiger partial charge on any atom is 0.410 e. The smallest absolute Gasteiger partial charge is 0.410 e. The van der Waals surface area contributed by atoms with E-state index in [4.69, 9.17) is 13.6 Å². The van der Waals surface area contributed by atoms with Crippen molar-refractivity contribution >= 4 is 23.7 Å². The number of hydrogen-bond donors (Lipinski definition) is 1. The van der Waals surface area contributed by atoms with Crippen LogP contribution in [0.4, 0.5) is 16.5 Å². The maximum atomic E-state index is 12.8. The molecule has 2 amide bonds. The van der Waals surface area contributed by atoms with Crippen molar-refractivity contribution in [3.05, 3.63) is 72.5 Å². The van der Waals surface area contributed by atoms with Gasteiger partial charge in [-0.05, 0) is 68.3 Å². The minimum absolute atomic E-state index is 0.0112. The van der Waals surface area contributed by atoms with Gasteiger partial charge in [-0.15, -0.1) is 5.10 Å². The SMILES string of the molecule is CC(C)(C)OC(=O)N1CCN(c2ccc(-c3cccc(C(=O)Nc4nnc(-c5ccco5)o4)c3)cc2)CC1. The van der Waals surface area contributed by atoms with Gasteiger partial charge in [-0.25, -0.2) is 4.79 Å². The van der Waals surface area contributed by atoms with Gasteiger partial charge >= 0.3 is 12.1 Å². The predicted molar refractivity (Wildman–Crippen MR) is 142 cm³/mol. The molecule has 0 unspecified atom stereocenters. The molecule has 196 valence electrons. The van der Waals surface area contributed by atoms with Crippen LogP contribution in [0.1, 0.15) is 31.1 Å². The number of piperazine rings is 1. The van der Waals surface area contributed by atoms with Crippen LogP contribution in [0, 0.1) is 0 Å². The Morgan fingerprint density at radius 1 is 0.921 bits per heavy atom. The fraction of sp³-hybridized carbons (Fsp3) is 0.286. The van der Waals surface area contributed by atoms with E-state index in [0.29, 0.717) is 24.4 Å². The molecular weight excluding hydrogens is 486 g/mol. The highest BCUT2D eigenvalue weighted by Gasteiger charge is 2.26. The zero-order valence-corrected chi connectivity index (χ0v) is 21.5. The van der Waals surface area contributed by atoms with E-state index < -0.39 is 5.60 Å². The van der Waals surface area contributed by atoms with E-state index in [1.54, 1.807) is 23.1 Å². The molecule has 5 rings (SSSR count). The molecule has 0 saturated carbocycles. The number of benzene rings is 2. The molecule has 0 aliphatic carbocycles. The quantitative estimate of drug-likeness (QED) is 0.381. The zero-order chi connectivity index (χ0) is 26.7. The lowest BCUT2D eigenvalue weighted by Gasteiger charge is -2.36. The molecule has 3 heterocycles. The normalized spacial score (nSPS) is 13.9. The van der Waals surface area contributed by atoms with Gasteiger partial charge in [0, 0.05) is 37.4 Å². The van der Waals surface area contributed by atoms with E-state index in [1.165, 1.54) is 6.26 Å². The summed E-state index contributed by atoms with van der Waals surface area (Å²) in [6.07, 6.45) is 1.23. The van der Waals surface area contributed by atoms with Crippen molar-refractivity contribution in [3.63, 3.8) is 0 Å². The van der Waals surface area contributed by atoms with Gasteiger partial charge in [0.25, 0.3) is 11.8 Å². The van der Waals surface area contributed by atoms with Gasteiger partial charge in [-0.1, -0.05) is 29.4 Å². The third kappa shape index (κ3) is 5.86. The summed E-state index contributed by atoms with van der Waals surface area (Å²) in [6.45, 7) is 8.29. The van der Waals surface area contributed by atoms with Gasteiger partial charge < -0.3 is 23.4 Å². The van der Waals surface area contributed by atoms with Crippen molar-refractivity contribution in [2.75, 3.05) is 36.4 Å². The first-order chi connectivity index (χ1) is 18.2. The van der Waals surface area contributed by atoms with Crippen LogP contribution < -0.4 is 10.2 Å². The Kier molecular flexibility index (Phi) is 6.87. The summed E-state index contributed by atoms with van der Waals surface area (Å²) in [7, 11) is 0. The van der Waals surface area contributed by atoms with Crippen LogP contribution in [0.3, 0.4) is 0 Å². The number of aromatic nitrogens is 2. The van der Waals surface area contributed by atoms with E-state index in [2.05, 4.69) is 32.5 Å². The number of carbonyl (C=O) groups excluding carboxylic acids is 2. The summed E-state index contributed by atoms with van der Waals surface area (Å²) in [5.41, 5.74) is 2.92. The Labute approximate surface area is 220 Å². The summed E-state index contributed by atoms with van der Waals surface area (Å²) < 4.78 is 16.2. The van der Waals surface area contributed by atoms with E-state index in [0.717, 1.165) is 29.9 Å². The van der Waals surface area contributed by atoms with E-state index in [1.807, 2.05) is 51.1 Å². The Hall–Kier alpha value is -4.60. The molecule has 1 aliphatic heterocycles. The summed E-state index contributed by atoms with van der Waals surface area (Å²) in [6, 6.07) is 18.9. The van der Waals surface area contributed by atoms with Crippen molar-refractivity contribution in [1.82, 2.24) is 15.1 Å². The lowest BCUT2D eigenvalue weighted by atomic mass is 10.0. The van der Waals surface area contributed by atoms with Crippen LogP contribution in [-0.4, -0.2) is 58.9 Å². The minimum atomic E-state index is -0.501. The van der Waals surface area contributed by atoms with Crippen molar-refractivity contribution in [2.24, 2.45) is 0 Å². The van der Waals surface area contributed by atoms with Crippen molar-refractivity contribution < 1.29 is 23.2 Å². The molecule has 0 bridgehead atoms. The van der Waals surface area contributed by atoms with Gasteiger partial charge in [-0.3, -0.25) is 10.1 Å². The third-order valence-corrected chi connectivity index (χ3v) is 6.00. The minimum Gasteiger partial charge on any atom is -0.459 e. The third-order valence-electron chi connectivity index (χ3n) is 6.00. The fourth-order valence-electron chi connectivity index (χ4n) is 4.12. The summed E-state index contributed by atoms with van der Waals surface area (Å²) in [4.78, 5) is 29.1. The predicted octanol–water partition coefficient (Wildman–Crippen LogP) is 5.31. The number of amides is 2. The second kappa shape index (κ2) is 10.4. The summed E-state index contributed by atoms with van der Waals surface area (Å²) in [5.74, 6) is 0.250. The molecule has 1 saturated heterocycles. The second-order valence-corrected chi connectivity index (χ2v) is 9.93. The van der Waals surface area contributed by atoms with E-state index >= 15 is 0 Å². The molecule has 0 radical (unpaired) electrons. The van der Waals surface area contributed by atoms with E-state index in [-0.39, 0.29) is 23.9 Å². The van der Waals surface area contributed by atoms with Crippen molar-refractivity contribution in [3.8, 4) is 22.8 Å². The lowest BCUT2D eigenvalue weighted by molar-refractivity contribution is 0.0240. The molecule has 38 heavy (non-hydrogen) atoms. The molecule has 10 heteroatoms. The molecular formula is C28H29N5O5. The number of anilines is 2. The van der Waals surface area contributed by atoms with Crippen LogP contribution in [0.25, 0.3) is 22.8 Å². The Balaban J connectivity index is 1.20. The van der Waals surface area contributed by atoms with Gasteiger partial charge in [0.2, 0.25) is 0 Å². The summed E-state index contributed by atoms with van der Waals surface area (Å²) in [5, 5.41) is 10.4. The largest absolute Gasteiger partial charge is 0.459 e. The Morgan fingerprint density at radius 3 is 2.37 bits per heavy atom. The molecule has 10 nitrogen and oxygen atoms in total. The summed E-state index contributed by atoms with van der Waals surface area (Å²) >= 11 is 0. The van der Waals surface area contributed by atoms with Crippen LogP contribution in [0.2, 0.25) is 0 Å². The maximum absolute atomic E-state index is 12.8. The van der Waals surface area contributed by atoms with Crippen LogP contribution in [0.15, 0.2) is 75.8 Å². The standard InChI is InChI=1S/C28H29N5O5/c1-28(2,3)38-27(35)33-15-13-32(14-16-33)22-11-9-19(10-12-22)20-6-4-7-21(18-20)24(34)29-26-31-30-25(37-26)23-8-5-17-36-23/h4-12,17-18H,13-16H2,1-3H3,(H,29,31,34). The molecule has 0 atom stereocenters. The van der Waals surface area contributed by atoms with Gasteiger partial charge in [0.1, 0.15) is 5.60 Å². The molecule has 1 aliphatic rings. The van der Waals surface area contributed by atoms with Crippen LogP contribution in [0.5, 0.6) is 0 Å². The second-order valence-electron chi connectivity index (χ2n) is 9.93. The number of hydrogen-bond acceptors (Lipinski definition) is 8. The van der Waals surface area contributed by atoms with Crippen LogP contribution in [-0.2, 0) is 4.74 Å². The molecule has 2 aromatic heterocycles. The molecule has 1 fully saturated rings. The topological polar surface area (TPSA) is 114 Å². The molecule has 0 spiro atoms. The number of nitrogens with one attached hydrogen (secondary N) is 1. The zero-order valence-electron chi connectivity index (χ0n) is 21.5. The first kappa shape index (κ1) is 25.1. The van der Waals surface area contributed by atoms with Crippen molar-refractivity contribution in [2.45, 2.75) is 26.4 Å². The van der Waals surface area contributed by atoms with Gasteiger partial charge in [0.05, 0.1) is 6.26 Å². The first-order valence-electron chi connectivity index (χ1n) is 12.4. The van der Waals surface area contributed by atoms with E-state index in [9.17, 15) is 9.59 Å². The monoisotopic (exact) mass is 515 g/mol. The number of rotatable bonds is 5. The molecule has 4 aromatic rings. The lowest BCUT2D eigenvalue weighted by Crippen LogP contribution is -2.50.